The second-order valence-electron chi connectivity index (χ2n) is 7.47. The Balaban J connectivity index is 1.72. The standard InChI is InChI=1S/C23H21N3O5/c1-13(2)19(26-21(28)17-6-4-5-7-18(17)22(26)29)23(30)31-14(3)20(27)25-16-10-8-15(12-24)9-11-16/h4-11,13-14,19H,1-3H3,(H,25,27)/t14-,19+/m0/s1. The third-order valence-corrected chi connectivity index (χ3v) is 4.92. The number of fused-ring (bicyclic) bond motifs is 1. The zero-order chi connectivity index (χ0) is 22.7. The van der Waals surface area contributed by atoms with Crippen LogP contribution in [0.4, 0.5) is 5.69 Å². The molecule has 0 aliphatic carbocycles. The van der Waals surface area contributed by atoms with Crippen LogP contribution in [0.15, 0.2) is 48.5 Å². The second kappa shape index (κ2) is 8.79. The summed E-state index contributed by atoms with van der Waals surface area (Å²) >= 11 is 0. The zero-order valence-electron chi connectivity index (χ0n) is 17.3. The van der Waals surface area contributed by atoms with Gasteiger partial charge in [0, 0.05) is 5.69 Å². The average molecular weight is 419 g/mol. The molecule has 2 aromatic rings. The molecular formula is C23H21N3O5. The van der Waals surface area contributed by atoms with Crippen molar-refractivity contribution in [3.8, 4) is 6.07 Å². The average Bonchev–Trinajstić information content (AvgIpc) is 2.99. The van der Waals surface area contributed by atoms with Gasteiger partial charge in [-0.15, -0.1) is 0 Å². The minimum Gasteiger partial charge on any atom is -0.451 e. The Kier molecular flexibility index (Phi) is 6.16. The van der Waals surface area contributed by atoms with E-state index in [4.69, 9.17) is 10.00 Å². The van der Waals surface area contributed by atoms with Crippen LogP contribution in [-0.2, 0) is 14.3 Å². The molecule has 2 atom stereocenters. The summed E-state index contributed by atoms with van der Waals surface area (Å²) in [7, 11) is 0. The highest BCUT2D eigenvalue weighted by molar-refractivity contribution is 6.22. The molecular weight excluding hydrogens is 398 g/mol. The van der Waals surface area contributed by atoms with Gasteiger partial charge in [-0.1, -0.05) is 26.0 Å². The van der Waals surface area contributed by atoms with Gasteiger partial charge in [0.15, 0.2) is 6.10 Å². The quantitative estimate of drug-likeness (QED) is 0.568. The number of rotatable bonds is 6. The number of hydrogen-bond donors (Lipinski definition) is 1. The minimum absolute atomic E-state index is 0.234. The number of ether oxygens (including phenoxy) is 1. The molecule has 8 heteroatoms. The number of anilines is 1. The molecule has 1 aliphatic rings. The lowest BCUT2D eigenvalue weighted by molar-refractivity contribution is -0.158. The number of hydrogen-bond acceptors (Lipinski definition) is 6. The van der Waals surface area contributed by atoms with Crippen LogP contribution < -0.4 is 5.32 Å². The summed E-state index contributed by atoms with van der Waals surface area (Å²) in [5.41, 5.74) is 1.35. The van der Waals surface area contributed by atoms with Gasteiger partial charge in [0.25, 0.3) is 17.7 Å². The number of amides is 3. The van der Waals surface area contributed by atoms with Gasteiger partial charge in [0.05, 0.1) is 22.8 Å². The fraction of sp³-hybridized carbons (Fsp3) is 0.261. The highest BCUT2D eigenvalue weighted by Crippen LogP contribution is 2.28. The third-order valence-electron chi connectivity index (χ3n) is 4.92. The summed E-state index contributed by atoms with van der Waals surface area (Å²) in [6.45, 7) is 4.78. The van der Waals surface area contributed by atoms with E-state index in [2.05, 4.69) is 5.32 Å². The van der Waals surface area contributed by atoms with Crippen LogP contribution in [0.3, 0.4) is 0 Å². The first-order chi connectivity index (χ1) is 14.7. The van der Waals surface area contributed by atoms with Crippen molar-refractivity contribution in [2.24, 2.45) is 5.92 Å². The van der Waals surface area contributed by atoms with Crippen LogP contribution in [0, 0.1) is 17.2 Å². The van der Waals surface area contributed by atoms with Gasteiger partial charge in [0.1, 0.15) is 6.04 Å². The van der Waals surface area contributed by atoms with Gasteiger partial charge in [-0.3, -0.25) is 19.3 Å². The molecule has 1 aliphatic heterocycles. The molecule has 8 nitrogen and oxygen atoms in total. The van der Waals surface area contributed by atoms with Crippen molar-refractivity contribution in [3.63, 3.8) is 0 Å². The largest absolute Gasteiger partial charge is 0.451 e. The number of nitrogens with one attached hydrogen (secondary N) is 1. The van der Waals surface area contributed by atoms with Gasteiger partial charge in [-0.05, 0) is 49.2 Å². The van der Waals surface area contributed by atoms with Gasteiger partial charge < -0.3 is 10.1 Å². The number of nitriles is 1. The van der Waals surface area contributed by atoms with E-state index in [0.717, 1.165) is 4.90 Å². The molecule has 0 saturated heterocycles. The van der Waals surface area contributed by atoms with E-state index in [1.807, 2.05) is 6.07 Å². The Hall–Kier alpha value is -3.99. The van der Waals surface area contributed by atoms with Crippen LogP contribution in [-0.4, -0.2) is 40.7 Å². The van der Waals surface area contributed by atoms with Crippen LogP contribution in [0.25, 0.3) is 0 Å². The van der Waals surface area contributed by atoms with Crippen molar-refractivity contribution in [2.45, 2.75) is 32.9 Å². The van der Waals surface area contributed by atoms with Crippen molar-refractivity contribution in [3.05, 3.63) is 65.2 Å². The first kappa shape index (κ1) is 21.7. The molecule has 3 amide bonds. The maximum atomic E-state index is 12.9. The van der Waals surface area contributed by atoms with Crippen LogP contribution >= 0.6 is 0 Å². The third kappa shape index (κ3) is 4.31. The van der Waals surface area contributed by atoms with Crippen LogP contribution in [0.5, 0.6) is 0 Å². The molecule has 1 heterocycles. The molecule has 0 aromatic heterocycles. The highest BCUT2D eigenvalue weighted by atomic mass is 16.5. The number of carbonyl (C=O) groups is 4. The number of imide groups is 1. The summed E-state index contributed by atoms with van der Waals surface area (Å²) in [5, 5.41) is 11.4. The first-order valence-corrected chi connectivity index (χ1v) is 9.73. The van der Waals surface area contributed by atoms with E-state index in [-0.39, 0.29) is 11.1 Å². The Labute approximate surface area is 179 Å². The van der Waals surface area contributed by atoms with Gasteiger partial charge in [-0.25, -0.2) is 4.79 Å². The summed E-state index contributed by atoms with van der Waals surface area (Å²) in [6, 6.07) is 13.4. The summed E-state index contributed by atoms with van der Waals surface area (Å²) < 4.78 is 5.31. The maximum absolute atomic E-state index is 12.9. The van der Waals surface area contributed by atoms with E-state index in [1.54, 1.807) is 50.2 Å². The Morgan fingerprint density at radius 3 is 2.00 bits per heavy atom. The molecule has 2 aromatic carbocycles. The predicted octanol–water partition coefficient (Wildman–Crippen LogP) is 2.75. The van der Waals surface area contributed by atoms with Crippen molar-refractivity contribution < 1.29 is 23.9 Å². The first-order valence-electron chi connectivity index (χ1n) is 9.73. The summed E-state index contributed by atoms with van der Waals surface area (Å²) in [6.07, 6.45) is -1.17. The SMILES string of the molecule is CC(C)[C@H](C(=O)O[C@@H](C)C(=O)Nc1ccc(C#N)cc1)N1C(=O)c2ccccc2C1=O. The van der Waals surface area contributed by atoms with E-state index in [1.165, 1.54) is 19.1 Å². The molecule has 158 valence electrons. The van der Waals surface area contributed by atoms with E-state index in [0.29, 0.717) is 11.3 Å². The maximum Gasteiger partial charge on any atom is 0.330 e. The van der Waals surface area contributed by atoms with Crippen molar-refractivity contribution in [1.29, 1.82) is 5.26 Å². The van der Waals surface area contributed by atoms with Gasteiger partial charge >= 0.3 is 5.97 Å². The molecule has 3 rings (SSSR count). The second-order valence-corrected chi connectivity index (χ2v) is 7.47. The molecule has 0 radical (unpaired) electrons. The van der Waals surface area contributed by atoms with Crippen molar-refractivity contribution >= 4 is 29.4 Å². The molecule has 0 spiro atoms. The highest BCUT2D eigenvalue weighted by Gasteiger charge is 2.45. The number of esters is 1. The Morgan fingerprint density at radius 2 is 1.52 bits per heavy atom. The predicted molar refractivity (Wildman–Crippen MR) is 111 cm³/mol. The number of benzene rings is 2. The Morgan fingerprint density at radius 1 is 0.968 bits per heavy atom. The zero-order valence-corrected chi connectivity index (χ0v) is 17.3. The van der Waals surface area contributed by atoms with E-state index in [9.17, 15) is 19.2 Å². The fourth-order valence-electron chi connectivity index (χ4n) is 3.31. The molecule has 0 bridgehead atoms. The topological polar surface area (TPSA) is 117 Å². The molecule has 0 fully saturated rings. The van der Waals surface area contributed by atoms with Crippen molar-refractivity contribution in [2.75, 3.05) is 5.32 Å². The lowest BCUT2D eigenvalue weighted by atomic mass is 10.0. The van der Waals surface area contributed by atoms with Gasteiger partial charge in [-0.2, -0.15) is 5.26 Å². The molecule has 0 saturated carbocycles. The minimum atomic E-state index is -1.17. The monoisotopic (exact) mass is 419 g/mol. The Bertz CT molecular complexity index is 1050. The van der Waals surface area contributed by atoms with Crippen LogP contribution in [0.2, 0.25) is 0 Å². The molecule has 31 heavy (non-hydrogen) atoms. The lowest BCUT2D eigenvalue weighted by Gasteiger charge is -2.28. The summed E-state index contributed by atoms with van der Waals surface area (Å²) in [4.78, 5) is 51.7. The molecule has 0 unspecified atom stereocenters. The number of nitrogens with zero attached hydrogens (tertiary/aromatic N) is 2. The normalized spacial score (nSPS) is 14.6. The fourth-order valence-corrected chi connectivity index (χ4v) is 3.31. The van der Waals surface area contributed by atoms with Crippen LogP contribution in [0.1, 0.15) is 47.1 Å². The molecule has 1 N–H and O–H groups in total. The summed E-state index contributed by atoms with van der Waals surface area (Å²) in [5.74, 6) is -2.98. The van der Waals surface area contributed by atoms with Crippen molar-refractivity contribution in [1.82, 2.24) is 4.90 Å². The number of carbonyl (C=O) groups excluding carboxylic acids is 4. The lowest BCUT2D eigenvalue weighted by Crippen LogP contribution is -2.50. The van der Waals surface area contributed by atoms with E-state index < -0.39 is 41.8 Å². The van der Waals surface area contributed by atoms with Gasteiger partial charge in [0.2, 0.25) is 0 Å². The van der Waals surface area contributed by atoms with E-state index >= 15 is 0 Å². The smallest absolute Gasteiger partial charge is 0.330 e.